The molecule has 1 N–H and O–H groups in total. The van der Waals surface area contributed by atoms with Crippen molar-refractivity contribution >= 4 is 17.5 Å². The normalized spacial score (nSPS) is 11.8. The Morgan fingerprint density at radius 3 is 2.45 bits per heavy atom. The Morgan fingerprint density at radius 2 is 1.90 bits per heavy atom. The van der Waals surface area contributed by atoms with Gasteiger partial charge < -0.3 is 10.2 Å². The van der Waals surface area contributed by atoms with Gasteiger partial charge in [0.2, 0.25) is 11.8 Å². The van der Waals surface area contributed by atoms with Gasteiger partial charge in [-0.2, -0.15) is 0 Å². The fraction of sp³-hybridized carbons (Fsp3) is 0.500. The van der Waals surface area contributed by atoms with Crippen molar-refractivity contribution in [1.82, 2.24) is 5.32 Å². The number of nitrogens with one attached hydrogen (secondary N) is 1. The SMILES string of the molecule is CCc1ccccc1N(CC(=O)NC(C)CC)C(C)=O. The fourth-order valence-electron chi connectivity index (χ4n) is 2.01. The van der Waals surface area contributed by atoms with Crippen molar-refractivity contribution in [2.45, 2.75) is 46.6 Å². The first-order chi connectivity index (χ1) is 9.49. The first-order valence-corrected chi connectivity index (χ1v) is 7.14. The molecule has 0 aromatic heterocycles. The Kier molecular flexibility index (Phi) is 6.22. The number of para-hydroxylation sites is 1. The number of nitrogens with zero attached hydrogens (tertiary/aromatic N) is 1. The molecule has 4 nitrogen and oxygen atoms in total. The first kappa shape index (κ1) is 16.2. The zero-order valence-corrected chi connectivity index (χ0v) is 12.8. The topological polar surface area (TPSA) is 49.4 Å². The van der Waals surface area contributed by atoms with Crippen LogP contribution in [0.2, 0.25) is 0 Å². The van der Waals surface area contributed by atoms with Gasteiger partial charge in [0.15, 0.2) is 0 Å². The van der Waals surface area contributed by atoms with Crippen molar-refractivity contribution in [3.05, 3.63) is 29.8 Å². The summed E-state index contributed by atoms with van der Waals surface area (Å²) in [7, 11) is 0. The quantitative estimate of drug-likeness (QED) is 0.868. The van der Waals surface area contributed by atoms with Crippen LogP contribution in [0.5, 0.6) is 0 Å². The second kappa shape index (κ2) is 7.68. The molecule has 0 heterocycles. The van der Waals surface area contributed by atoms with E-state index in [2.05, 4.69) is 5.32 Å². The Morgan fingerprint density at radius 1 is 1.25 bits per heavy atom. The van der Waals surface area contributed by atoms with Gasteiger partial charge in [-0.05, 0) is 31.4 Å². The van der Waals surface area contributed by atoms with Gasteiger partial charge in [-0.1, -0.05) is 32.0 Å². The second-order valence-electron chi connectivity index (χ2n) is 4.96. The van der Waals surface area contributed by atoms with Crippen LogP contribution in [0, 0.1) is 0 Å². The van der Waals surface area contributed by atoms with Gasteiger partial charge in [0.05, 0.1) is 0 Å². The summed E-state index contributed by atoms with van der Waals surface area (Å²) in [4.78, 5) is 25.4. The molecule has 1 aromatic carbocycles. The van der Waals surface area contributed by atoms with E-state index in [1.807, 2.05) is 45.0 Å². The van der Waals surface area contributed by atoms with Gasteiger partial charge in [0.1, 0.15) is 6.54 Å². The smallest absolute Gasteiger partial charge is 0.240 e. The third kappa shape index (κ3) is 4.37. The molecule has 0 radical (unpaired) electrons. The predicted molar refractivity (Wildman–Crippen MR) is 81.7 cm³/mol. The Labute approximate surface area is 121 Å². The maximum absolute atomic E-state index is 12.0. The van der Waals surface area contributed by atoms with E-state index in [4.69, 9.17) is 0 Å². The highest BCUT2D eigenvalue weighted by Crippen LogP contribution is 2.20. The average Bonchev–Trinajstić information content (AvgIpc) is 2.44. The van der Waals surface area contributed by atoms with E-state index in [9.17, 15) is 9.59 Å². The summed E-state index contributed by atoms with van der Waals surface area (Å²) in [5.74, 6) is -0.245. The van der Waals surface area contributed by atoms with E-state index < -0.39 is 0 Å². The van der Waals surface area contributed by atoms with Crippen molar-refractivity contribution in [2.24, 2.45) is 0 Å². The van der Waals surface area contributed by atoms with E-state index in [0.29, 0.717) is 0 Å². The lowest BCUT2D eigenvalue weighted by Gasteiger charge is -2.24. The Bertz CT molecular complexity index is 471. The number of hydrogen-bond acceptors (Lipinski definition) is 2. The zero-order valence-electron chi connectivity index (χ0n) is 12.8. The third-order valence-corrected chi connectivity index (χ3v) is 3.36. The minimum Gasteiger partial charge on any atom is -0.352 e. The van der Waals surface area contributed by atoms with Gasteiger partial charge >= 0.3 is 0 Å². The van der Waals surface area contributed by atoms with Crippen LogP contribution in [-0.2, 0) is 16.0 Å². The molecule has 110 valence electrons. The van der Waals surface area contributed by atoms with Crippen LogP contribution in [0.3, 0.4) is 0 Å². The number of aryl methyl sites for hydroxylation is 1. The summed E-state index contributed by atoms with van der Waals surface area (Å²) in [6.45, 7) is 7.56. The van der Waals surface area contributed by atoms with Crippen molar-refractivity contribution in [1.29, 1.82) is 0 Å². The van der Waals surface area contributed by atoms with E-state index in [-0.39, 0.29) is 24.4 Å². The molecule has 1 atom stereocenters. The third-order valence-electron chi connectivity index (χ3n) is 3.36. The molecule has 0 saturated carbocycles. The molecule has 2 amide bonds. The lowest BCUT2D eigenvalue weighted by Crippen LogP contribution is -2.43. The van der Waals surface area contributed by atoms with Crippen molar-refractivity contribution < 1.29 is 9.59 Å². The van der Waals surface area contributed by atoms with E-state index >= 15 is 0 Å². The summed E-state index contributed by atoms with van der Waals surface area (Å²) < 4.78 is 0. The largest absolute Gasteiger partial charge is 0.352 e. The van der Waals surface area contributed by atoms with E-state index in [1.165, 1.54) is 11.8 Å². The molecule has 0 aliphatic heterocycles. The van der Waals surface area contributed by atoms with Gasteiger partial charge in [-0.3, -0.25) is 9.59 Å². The maximum Gasteiger partial charge on any atom is 0.240 e. The monoisotopic (exact) mass is 276 g/mol. The van der Waals surface area contributed by atoms with Crippen LogP contribution >= 0.6 is 0 Å². The number of rotatable bonds is 6. The molecular formula is C16H24N2O2. The molecule has 0 spiro atoms. The number of hydrogen-bond donors (Lipinski definition) is 1. The molecule has 0 fully saturated rings. The van der Waals surface area contributed by atoms with Gasteiger partial charge in [0, 0.05) is 18.7 Å². The molecule has 20 heavy (non-hydrogen) atoms. The molecule has 1 rings (SSSR count). The van der Waals surface area contributed by atoms with Crippen molar-refractivity contribution in [3.63, 3.8) is 0 Å². The zero-order chi connectivity index (χ0) is 15.1. The molecule has 4 heteroatoms. The number of carbonyl (C=O) groups is 2. The molecule has 0 bridgehead atoms. The van der Waals surface area contributed by atoms with Crippen LogP contribution in [0.1, 0.15) is 39.7 Å². The summed E-state index contributed by atoms with van der Waals surface area (Å²) >= 11 is 0. The number of carbonyl (C=O) groups excluding carboxylic acids is 2. The van der Waals surface area contributed by atoms with Gasteiger partial charge in [-0.25, -0.2) is 0 Å². The van der Waals surface area contributed by atoms with Crippen molar-refractivity contribution in [2.75, 3.05) is 11.4 Å². The molecule has 0 saturated heterocycles. The summed E-state index contributed by atoms with van der Waals surface area (Å²) in [6.07, 6.45) is 1.70. The summed E-state index contributed by atoms with van der Waals surface area (Å²) in [5.41, 5.74) is 1.89. The average molecular weight is 276 g/mol. The molecule has 0 aliphatic rings. The minimum atomic E-state index is -0.125. The number of amides is 2. The molecule has 1 unspecified atom stereocenters. The molecule has 0 aliphatic carbocycles. The number of anilines is 1. The Balaban J connectivity index is 2.90. The maximum atomic E-state index is 12.0. The lowest BCUT2D eigenvalue weighted by atomic mass is 10.1. The highest BCUT2D eigenvalue weighted by molar-refractivity contribution is 5.98. The molecular weight excluding hydrogens is 252 g/mol. The van der Waals surface area contributed by atoms with Gasteiger partial charge in [-0.15, -0.1) is 0 Å². The highest BCUT2D eigenvalue weighted by atomic mass is 16.2. The van der Waals surface area contributed by atoms with Crippen molar-refractivity contribution in [3.8, 4) is 0 Å². The highest BCUT2D eigenvalue weighted by Gasteiger charge is 2.18. The summed E-state index contributed by atoms with van der Waals surface area (Å²) in [5, 5.41) is 2.89. The second-order valence-corrected chi connectivity index (χ2v) is 4.96. The van der Waals surface area contributed by atoms with Crippen LogP contribution in [0.15, 0.2) is 24.3 Å². The molecule has 1 aromatic rings. The van der Waals surface area contributed by atoms with Crippen LogP contribution in [0.25, 0.3) is 0 Å². The van der Waals surface area contributed by atoms with Gasteiger partial charge in [0.25, 0.3) is 0 Å². The summed E-state index contributed by atoms with van der Waals surface area (Å²) in [6, 6.07) is 7.82. The first-order valence-electron chi connectivity index (χ1n) is 7.14. The van der Waals surface area contributed by atoms with Crippen LogP contribution in [0.4, 0.5) is 5.69 Å². The minimum absolute atomic E-state index is 0.0662. The van der Waals surface area contributed by atoms with Crippen LogP contribution < -0.4 is 10.2 Å². The Hall–Kier alpha value is -1.84. The lowest BCUT2D eigenvalue weighted by molar-refractivity contribution is -0.123. The predicted octanol–water partition coefficient (Wildman–Crippen LogP) is 2.52. The van der Waals surface area contributed by atoms with E-state index in [0.717, 1.165) is 24.1 Å². The van der Waals surface area contributed by atoms with E-state index in [1.54, 1.807) is 0 Å². The fourth-order valence-corrected chi connectivity index (χ4v) is 2.01. The standard InChI is InChI=1S/C16H24N2O2/c1-5-12(3)17-16(20)11-18(13(4)19)15-10-8-7-9-14(15)6-2/h7-10,12H,5-6,11H2,1-4H3,(H,17,20). The number of benzene rings is 1. The van der Waals surface area contributed by atoms with Crippen LogP contribution in [-0.4, -0.2) is 24.4 Å².